The first-order valence-electron chi connectivity index (χ1n) is 7.19. The Morgan fingerprint density at radius 2 is 2.05 bits per heavy atom. The molecule has 1 saturated heterocycles. The van der Waals surface area contributed by atoms with Gasteiger partial charge in [0.15, 0.2) is 0 Å². The van der Waals surface area contributed by atoms with Crippen LogP contribution in [0.4, 0.5) is 24.8 Å². The summed E-state index contributed by atoms with van der Waals surface area (Å²) in [6.45, 7) is 4.73. The lowest BCUT2D eigenvalue weighted by Crippen LogP contribution is -2.34. The number of nitrogens with one attached hydrogen (secondary N) is 2. The van der Waals surface area contributed by atoms with Crippen molar-refractivity contribution in [3.63, 3.8) is 0 Å². The zero-order valence-corrected chi connectivity index (χ0v) is 12.3. The lowest BCUT2D eigenvalue weighted by Gasteiger charge is -2.23. The van der Waals surface area contributed by atoms with Crippen molar-refractivity contribution in [1.29, 1.82) is 0 Å². The van der Waals surface area contributed by atoms with Crippen LogP contribution in [0.25, 0.3) is 0 Å². The summed E-state index contributed by atoms with van der Waals surface area (Å²) in [7, 11) is 1.56. The first-order chi connectivity index (χ1) is 9.94. The predicted molar refractivity (Wildman–Crippen MR) is 77.5 cm³/mol. The van der Waals surface area contributed by atoms with Gasteiger partial charge in [-0.3, -0.25) is 4.90 Å². The molecule has 2 N–H and O–H groups in total. The summed E-state index contributed by atoms with van der Waals surface area (Å²) >= 11 is 0. The lowest BCUT2D eigenvalue weighted by atomic mass is 10.2. The number of nitrogens with zero attached hydrogens (tertiary/aromatic N) is 2. The minimum absolute atomic E-state index is 0.214. The molecule has 1 unspecified atom stereocenters. The first kappa shape index (κ1) is 15.9. The van der Waals surface area contributed by atoms with E-state index in [1.54, 1.807) is 7.05 Å². The Balaban J connectivity index is 2.09. The lowest BCUT2D eigenvalue weighted by molar-refractivity contribution is -0.137. The maximum Gasteiger partial charge on any atom is 0.416 e. The standard InChI is InChI=1S/C14H21F3N4/c1-3-21-6-4-5-11(21)9-19-13-8-10(14(15,16)17)7-12(18-2)20-13/h7-8,11H,3-6,9H2,1-2H3,(H2,18,19,20). The van der Waals surface area contributed by atoms with Crippen LogP contribution in [0.15, 0.2) is 12.1 Å². The summed E-state index contributed by atoms with van der Waals surface area (Å²) in [5.41, 5.74) is -0.692. The van der Waals surface area contributed by atoms with Gasteiger partial charge in [0, 0.05) is 19.6 Å². The van der Waals surface area contributed by atoms with Crippen LogP contribution < -0.4 is 10.6 Å². The molecule has 1 aliphatic heterocycles. The molecule has 0 spiro atoms. The van der Waals surface area contributed by atoms with Gasteiger partial charge < -0.3 is 10.6 Å². The summed E-state index contributed by atoms with van der Waals surface area (Å²) in [5.74, 6) is 0.475. The molecule has 1 fully saturated rings. The van der Waals surface area contributed by atoms with E-state index in [4.69, 9.17) is 0 Å². The highest BCUT2D eigenvalue weighted by molar-refractivity contribution is 5.49. The van der Waals surface area contributed by atoms with Crippen molar-refractivity contribution in [3.05, 3.63) is 17.7 Å². The third kappa shape index (κ3) is 4.00. The Labute approximate surface area is 122 Å². The molecule has 0 radical (unpaired) electrons. The van der Waals surface area contributed by atoms with E-state index < -0.39 is 11.7 Å². The number of likely N-dealkylation sites (tertiary alicyclic amines) is 1. The molecule has 21 heavy (non-hydrogen) atoms. The van der Waals surface area contributed by atoms with E-state index >= 15 is 0 Å². The second kappa shape index (κ2) is 6.51. The van der Waals surface area contributed by atoms with Crippen molar-refractivity contribution in [1.82, 2.24) is 9.88 Å². The molecule has 1 atom stereocenters. The van der Waals surface area contributed by atoms with Crippen molar-refractivity contribution >= 4 is 11.6 Å². The summed E-state index contributed by atoms with van der Waals surface area (Å²) in [6, 6.07) is 2.44. The van der Waals surface area contributed by atoms with Gasteiger partial charge in [-0.25, -0.2) is 4.98 Å². The molecular formula is C14H21F3N4. The molecular weight excluding hydrogens is 281 g/mol. The summed E-state index contributed by atoms with van der Waals surface area (Å²) in [4.78, 5) is 6.47. The van der Waals surface area contributed by atoms with Crippen molar-refractivity contribution in [3.8, 4) is 0 Å². The number of hydrogen-bond donors (Lipinski definition) is 2. The van der Waals surface area contributed by atoms with Crippen LogP contribution in [0.1, 0.15) is 25.3 Å². The number of rotatable bonds is 5. The average molecular weight is 302 g/mol. The highest BCUT2D eigenvalue weighted by Gasteiger charge is 2.32. The molecule has 2 heterocycles. The SMILES string of the molecule is CCN1CCCC1CNc1cc(C(F)(F)F)cc(NC)n1. The Bertz CT molecular complexity index is 476. The van der Waals surface area contributed by atoms with E-state index in [1.165, 1.54) is 0 Å². The topological polar surface area (TPSA) is 40.2 Å². The zero-order valence-electron chi connectivity index (χ0n) is 12.3. The minimum Gasteiger partial charge on any atom is -0.373 e. The van der Waals surface area contributed by atoms with E-state index in [1.807, 2.05) is 0 Å². The van der Waals surface area contributed by atoms with Crippen molar-refractivity contribution in [2.75, 3.05) is 37.3 Å². The van der Waals surface area contributed by atoms with Crippen LogP contribution >= 0.6 is 0 Å². The third-order valence-corrected chi connectivity index (χ3v) is 3.83. The zero-order chi connectivity index (χ0) is 15.5. The second-order valence-electron chi connectivity index (χ2n) is 5.18. The van der Waals surface area contributed by atoms with E-state index in [0.717, 1.165) is 38.1 Å². The highest BCUT2D eigenvalue weighted by Crippen LogP contribution is 2.32. The highest BCUT2D eigenvalue weighted by atomic mass is 19.4. The minimum atomic E-state index is -4.37. The van der Waals surface area contributed by atoms with Crippen LogP contribution in [0, 0.1) is 0 Å². The number of halogens is 3. The van der Waals surface area contributed by atoms with Gasteiger partial charge in [0.05, 0.1) is 5.56 Å². The van der Waals surface area contributed by atoms with Gasteiger partial charge in [-0.1, -0.05) is 6.92 Å². The number of likely N-dealkylation sites (N-methyl/N-ethyl adjacent to an activating group) is 1. The van der Waals surface area contributed by atoms with Crippen LogP contribution in [0.5, 0.6) is 0 Å². The molecule has 118 valence electrons. The molecule has 1 aromatic rings. The third-order valence-electron chi connectivity index (χ3n) is 3.83. The van der Waals surface area contributed by atoms with Crippen LogP contribution in [-0.2, 0) is 6.18 Å². The van der Waals surface area contributed by atoms with Gasteiger partial charge >= 0.3 is 6.18 Å². The molecule has 7 heteroatoms. The molecule has 0 saturated carbocycles. The smallest absolute Gasteiger partial charge is 0.373 e. The molecule has 0 aliphatic carbocycles. The monoisotopic (exact) mass is 302 g/mol. The maximum absolute atomic E-state index is 12.9. The molecule has 0 amide bonds. The number of aromatic nitrogens is 1. The van der Waals surface area contributed by atoms with Crippen molar-refractivity contribution < 1.29 is 13.2 Å². The molecule has 0 bridgehead atoms. The summed E-state index contributed by atoms with van der Waals surface area (Å²) in [6.07, 6.45) is -2.16. The molecule has 2 rings (SSSR count). The van der Waals surface area contributed by atoms with Gasteiger partial charge in [0.2, 0.25) is 0 Å². The van der Waals surface area contributed by atoms with Crippen LogP contribution in [0.2, 0.25) is 0 Å². The summed E-state index contributed by atoms with van der Waals surface area (Å²) < 4.78 is 38.6. The molecule has 0 aromatic carbocycles. The fraction of sp³-hybridized carbons (Fsp3) is 0.643. The Hall–Kier alpha value is -1.50. The fourth-order valence-electron chi connectivity index (χ4n) is 2.68. The Kier molecular flexibility index (Phi) is 4.92. The van der Waals surface area contributed by atoms with Crippen LogP contribution in [0.3, 0.4) is 0 Å². The largest absolute Gasteiger partial charge is 0.416 e. The summed E-state index contributed by atoms with van der Waals surface area (Å²) in [5, 5.41) is 5.71. The molecule has 4 nitrogen and oxygen atoms in total. The number of hydrogen-bond acceptors (Lipinski definition) is 4. The van der Waals surface area contributed by atoms with E-state index in [0.29, 0.717) is 12.6 Å². The average Bonchev–Trinajstić information content (AvgIpc) is 2.91. The van der Waals surface area contributed by atoms with Gasteiger partial charge in [-0.15, -0.1) is 0 Å². The maximum atomic E-state index is 12.9. The second-order valence-corrected chi connectivity index (χ2v) is 5.18. The van der Waals surface area contributed by atoms with E-state index in [9.17, 15) is 13.2 Å². The van der Waals surface area contributed by atoms with Gasteiger partial charge in [-0.2, -0.15) is 13.2 Å². The molecule has 1 aliphatic rings. The van der Waals surface area contributed by atoms with Gasteiger partial charge in [0.25, 0.3) is 0 Å². The normalized spacial score (nSPS) is 19.8. The number of anilines is 2. The van der Waals surface area contributed by atoms with E-state index in [2.05, 4.69) is 27.4 Å². The van der Waals surface area contributed by atoms with Crippen molar-refractivity contribution in [2.45, 2.75) is 32.0 Å². The quantitative estimate of drug-likeness (QED) is 0.877. The first-order valence-corrected chi connectivity index (χ1v) is 7.19. The number of alkyl halides is 3. The Morgan fingerprint density at radius 3 is 2.67 bits per heavy atom. The predicted octanol–water partition coefficient (Wildman–Crippen LogP) is 3.04. The number of pyridine rings is 1. The van der Waals surface area contributed by atoms with Crippen LogP contribution in [-0.4, -0.2) is 42.6 Å². The Morgan fingerprint density at radius 1 is 1.33 bits per heavy atom. The van der Waals surface area contributed by atoms with Crippen molar-refractivity contribution in [2.24, 2.45) is 0 Å². The van der Waals surface area contributed by atoms with E-state index in [-0.39, 0.29) is 11.6 Å². The molecule has 1 aromatic heterocycles. The van der Waals surface area contributed by atoms with Gasteiger partial charge in [-0.05, 0) is 38.1 Å². The fourth-order valence-corrected chi connectivity index (χ4v) is 2.68. The van der Waals surface area contributed by atoms with Gasteiger partial charge in [0.1, 0.15) is 11.6 Å².